The number of esters is 1. The van der Waals surface area contributed by atoms with Crippen molar-refractivity contribution < 1.29 is 18.7 Å². The summed E-state index contributed by atoms with van der Waals surface area (Å²) in [7, 11) is 0. The van der Waals surface area contributed by atoms with Crippen LogP contribution in [-0.2, 0) is 9.53 Å². The molecule has 27 heavy (non-hydrogen) atoms. The van der Waals surface area contributed by atoms with Crippen LogP contribution in [-0.4, -0.2) is 28.6 Å². The van der Waals surface area contributed by atoms with Gasteiger partial charge in [-0.2, -0.15) is 0 Å². The molecule has 0 aliphatic carbocycles. The van der Waals surface area contributed by atoms with Crippen LogP contribution >= 0.6 is 11.3 Å². The third kappa shape index (κ3) is 3.61. The molecule has 0 spiro atoms. The van der Waals surface area contributed by atoms with Crippen LogP contribution in [0.5, 0.6) is 0 Å². The Morgan fingerprint density at radius 3 is 2.74 bits per heavy atom. The van der Waals surface area contributed by atoms with E-state index in [1.54, 1.807) is 36.1 Å². The molecule has 3 aromatic rings. The molecule has 8 heteroatoms. The van der Waals surface area contributed by atoms with Gasteiger partial charge in [-0.05, 0) is 49.1 Å². The van der Waals surface area contributed by atoms with Gasteiger partial charge in [0.25, 0.3) is 11.8 Å². The van der Waals surface area contributed by atoms with Crippen molar-refractivity contribution in [3.8, 4) is 10.8 Å². The summed E-state index contributed by atoms with van der Waals surface area (Å²) in [6.07, 6.45) is 0.759. The molecule has 1 atom stereocenters. The highest BCUT2D eigenvalue weighted by Crippen LogP contribution is 2.27. The number of amides is 1. The second kappa shape index (κ2) is 7.32. The van der Waals surface area contributed by atoms with Gasteiger partial charge < -0.3 is 14.1 Å². The zero-order chi connectivity index (χ0) is 18.8. The average molecular weight is 383 g/mol. The maximum absolute atomic E-state index is 12.4. The third-order valence-electron chi connectivity index (χ3n) is 4.29. The van der Waals surface area contributed by atoms with E-state index in [0.29, 0.717) is 24.4 Å². The fraction of sp³-hybridized carbons (Fsp3) is 0.263. The number of carbonyl (C=O) groups excluding carboxylic acids is 2. The van der Waals surface area contributed by atoms with Crippen LogP contribution in [0.3, 0.4) is 0 Å². The van der Waals surface area contributed by atoms with Crippen molar-refractivity contribution in [2.24, 2.45) is 0 Å². The lowest BCUT2D eigenvalue weighted by atomic mass is 10.2. The van der Waals surface area contributed by atoms with Crippen LogP contribution in [0.25, 0.3) is 10.8 Å². The van der Waals surface area contributed by atoms with Crippen LogP contribution < -0.4 is 4.90 Å². The van der Waals surface area contributed by atoms with Crippen molar-refractivity contribution in [2.45, 2.75) is 25.9 Å². The number of hydrogen-bond acceptors (Lipinski definition) is 7. The van der Waals surface area contributed by atoms with Gasteiger partial charge >= 0.3 is 5.97 Å². The molecule has 1 amide bonds. The first kappa shape index (κ1) is 17.4. The molecule has 0 unspecified atom stereocenters. The molecule has 3 heterocycles. The fourth-order valence-electron chi connectivity index (χ4n) is 2.88. The summed E-state index contributed by atoms with van der Waals surface area (Å²) >= 11 is 1.49. The molecular formula is C19H17N3O4S. The molecule has 0 N–H and O–H groups in total. The number of nitrogens with zero attached hydrogens (tertiary/aromatic N) is 3. The van der Waals surface area contributed by atoms with Crippen molar-refractivity contribution in [1.82, 2.24) is 10.2 Å². The minimum atomic E-state index is -0.668. The standard InChI is InChI=1S/C19H17N3O4S/c1-12(17-20-21-18(26-17)15-4-3-11-27-15)25-19(24)13-6-8-14(9-7-13)22-10-2-5-16(22)23/h3-4,6-9,11-12H,2,5,10H2,1H3/t12-/m1/s1. The quantitative estimate of drug-likeness (QED) is 0.622. The van der Waals surface area contributed by atoms with Crippen LogP contribution in [0.15, 0.2) is 46.2 Å². The molecule has 2 aromatic heterocycles. The summed E-state index contributed by atoms with van der Waals surface area (Å²) in [6.45, 7) is 2.39. The van der Waals surface area contributed by atoms with E-state index in [9.17, 15) is 9.59 Å². The first-order chi connectivity index (χ1) is 13.1. The van der Waals surface area contributed by atoms with E-state index in [1.807, 2.05) is 17.5 Å². The number of rotatable bonds is 5. The highest BCUT2D eigenvalue weighted by Gasteiger charge is 2.23. The molecular weight excluding hydrogens is 366 g/mol. The van der Waals surface area contributed by atoms with Gasteiger partial charge in [-0.15, -0.1) is 21.5 Å². The number of ether oxygens (including phenoxy) is 1. The van der Waals surface area contributed by atoms with E-state index in [0.717, 1.165) is 17.0 Å². The molecule has 1 aromatic carbocycles. The van der Waals surface area contributed by atoms with Crippen molar-refractivity contribution in [3.63, 3.8) is 0 Å². The molecule has 1 aliphatic rings. The fourth-order valence-corrected chi connectivity index (χ4v) is 3.52. The summed E-state index contributed by atoms with van der Waals surface area (Å²) in [6, 6.07) is 10.6. The smallest absolute Gasteiger partial charge is 0.338 e. The van der Waals surface area contributed by atoms with Gasteiger partial charge in [-0.1, -0.05) is 6.07 Å². The minimum Gasteiger partial charge on any atom is -0.449 e. The van der Waals surface area contributed by atoms with Crippen LogP contribution in [0.4, 0.5) is 5.69 Å². The molecule has 138 valence electrons. The molecule has 1 aliphatic heterocycles. The molecule has 1 fully saturated rings. The Bertz CT molecular complexity index is 950. The Labute approximate surface area is 159 Å². The zero-order valence-corrected chi connectivity index (χ0v) is 15.4. The molecule has 1 saturated heterocycles. The normalized spacial score (nSPS) is 15.1. The number of thiophene rings is 1. The van der Waals surface area contributed by atoms with Crippen LogP contribution in [0.1, 0.15) is 42.1 Å². The van der Waals surface area contributed by atoms with Gasteiger partial charge in [0.15, 0.2) is 6.10 Å². The van der Waals surface area contributed by atoms with Gasteiger partial charge in [-0.3, -0.25) is 4.79 Å². The van der Waals surface area contributed by atoms with E-state index in [4.69, 9.17) is 9.15 Å². The lowest BCUT2D eigenvalue weighted by Crippen LogP contribution is -2.23. The van der Waals surface area contributed by atoms with E-state index in [1.165, 1.54) is 11.3 Å². The Hall–Kier alpha value is -3.00. The van der Waals surface area contributed by atoms with Crippen LogP contribution in [0, 0.1) is 0 Å². The summed E-state index contributed by atoms with van der Waals surface area (Å²) < 4.78 is 11.0. The maximum Gasteiger partial charge on any atom is 0.338 e. The first-order valence-corrected chi connectivity index (χ1v) is 9.48. The molecule has 0 saturated carbocycles. The Morgan fingerprint density at radius 2 is 2.07 bits per heavy atom. The average Bonchev–Trinajstić information content (AvgIpc) is 3.42. The minimum absolute atomic E-state index is 0.108. The zero-order valence-electron chi connectivity index (χ0n) is 14.6. The van der Waals surface area contributed by atoms with Crippen molar-refractivity contribution in [2.75, 3.05) is 11.4 Å². The largest absolute Gasteiger partial charge is 0.449 e. The molecule has 0 bridgehead atoms. The van der Waals surface area contributed by atoms with E-state index < -0.39 is 12.1 Å². The second-order valence-electron chi connectivity index (χ2n) is 6.17. The highest BCUT2D eigenvalue weighted by molar-refractivity contribution is 7.13. The SMILES string of the molecule is C[C@@H](OC(=O)c1ccc(N2CCCC2=O)cc1)c1nnc(-c2cccs2)o1. The predicted molar refractivity (Wildman–Crippen MR) is 99.5 cm³/mol. The maximum atomic E-state index is 12.4. The Balaban J connectivity index is 1.42. The number of benzene rings is 1. The summed E-state index contributed by atoms with van der Waals surface area (Å²) in [5, 5.41) is 9.87. The number of anilines is 1. The lowest BCUT2D eigenvalue weighted by molar-refractivity contribution is -0.117. The first-order valence-electron chi connectivity index (χ1n) is 8.60. The Morgan fingerprint density at radius 1 is 1.26 bits per heavy atom. The lowest BCUT2D eigenvalue weighted by Gasteiger charge is -2.16. The van der Waals surface area contributed by atoms with Crippen LogP contribution in [0.2, 0.25) is 0 Å². The molecule has 0 radical (unpaired) electrons. The van der Waals surface area contributed by atoms with E-state index >= 15 is 0 Å². The number of aromatic nitrogens is 2. The predicted octanol–water partition coefficient (Wildman–Crippen LogP) is 3.84. The van der Waals surface area contributed by atoms with Gasteiger partial charge in [-0.25, -0.2) is 4.79 Å². The van der Waals surface area contributed by atoms with Crippen molar-refractivity contribution in [3.05, 3.63) is 53.2 Å². The van der Waals surface area contributed by atoms with Crippen molar-refractivity contribution >= 4 is 28.9 Å². The summed E-state index contributed by atoms with van der Waals surface area (Å²) in [5.41, 5.74) is 1.19. The topological polar surface area (TPSA) is 85.5 Å². The van der Waals surface area contributed by atoms with E-state index in [2.05, 4.69) is 10.2 Å². The Kier molecular flexibility index (Phi) is 4.72. The van der Waals surface area contributed by atoms with E-state index in [-0.39, 0.29) is 11.8 Å². The van der Waals surface area contributed by atoms with Gasteiger partial charge in [0, 0.05) is 18.7 Å². The number of hydrogen-bond donors (Lipinski definition) is 0. The molecule has 7 nitrogen and oxygen atoms in total. The third-order valence-corrected chi connectivity index (χ3v) is 5.15. The van der Waals surface area contributed by atoms with Gasteiger partial charge in [0.1, 0.15) is 0 Å². The second-order valence-corrected chi connectivity index (χ2v) is 7.11. The van der Waals surface area contributed by atoms with Gasteiger partial charge in [0.05, 0.1) is 10.4 Å². The monoisotopic (exact) mass is 383 g/mol. The van der Waals surface area contributed by atoms with Crippen molar-refractivity contribution in [1.29, 1.82) is 0 Å². The molecule has 4 rings (SSSR count). The highest BCUT2D eigenvalue weighted by atomic mass is 32.1. The summed E-state index contributed by atoms with van der Waals surface area (Å²) in [5.74, 6) is 0.267. The van der Waals surface area contributed by atoms with Gasteiger partial charge in [0.2, 0.25) is 5.91 Å². The number of carbonyl (C=O) groups is 2. The summed E-state index contributed by atoms with van der Waals surface area (Å²) in [4.78, 5) is 26.8.